The highest BCUT2D eigenvalue weighted by atomic mass is 35.5. The predicted octanol–water partition coefficient (Wildman–Crippen LogP) is 4.13. The van der Waals surface area contributed by atoms with Gasteiger partial charge >= 0.3 is 6.01 Å². The molecule has 5 rings (SSSR count). The van der Waals surface area contributed by atoms with Crippen LogP contribution in [-0.2, 0) is 11.2 Å². The first kappa shape index (κ1) is 20.7. The molecule has 0 unspecified atom stereocenters. The Morgan fingerprint density at radius 2 is 1.94 bits per heavy atom. The third kappa shape index (κ3) is 4.40. The molecule has 1 amide bonds. The van der Waals surface area contributed by atoms with Gasteiger partial charge in [0.2, 0.25) is 5.91 Å². The van der Waals surface area contributed by atoms with E-state index in [0.717, 1.165) is 42.5 Å². The molecule has 0 radical (unpaired) electrons. The van der Waals surface area contributed by atoms with E-state index in [0.29, 0.717) is 35.3 Å². The minimum atomic E-state index is 0.0324. The fraction of sp³-hybridized carbons (Fsp3) is 0.292. The molecule has 1 fully saturated rings. The molecule has 1 saturated heterocycles. The number of carbonyl (C=O) groups excluding carboxylic acids is 1. The second kappa shape index (κ2) is 9.14. The smallest absolute Gasteiger partial charge is 0.308 e. The van der Waals surface area contributed by atoms with Crippen molar-refractivity contribution in [3.05, 3.63) is 65.6 Å². The molecular formula is C24H24ClN5O2. The summed E-state index contributed by atoms with van der Waals surface area (Å²) in [5, 5.41) is 7.11. The number of hydrogen-bond donors (Lipinski definition) is 2. The van der Waals surface area contributed by atoms with Crippen molar-refractivity contribution < 1.29 is 9.21 Å². The Kier molecular flexibility index (Phi) is 5.92. The van der Waals surface area contributed by atoms with Crippen LogP contribution in [0.4, 0.5) is 0 Å². The molecule has 1 aliphatic rings. The molecule has 0 saturated carbocycles. The predicted molar refractivity (Wildman–Crippen MR) is 124 cm³/mol. The number of rotatable bonds is 6. The summed E-state index contributed by atoms with van der Waals surface area (Å²) in [4.78, 5) is 21.8. The Balaban J connectivity index is 1.42. The van der Waals surface area contributed by atoms with Crippen LogP contribution in [0.3, 0.4) is 0 Å². The third-order valence-corrected chi connectivity index (χ3v) is 6.00. The molecule has 0 bridgehead atoms. The molecule has 1 aliphatic heterocycles. The summed E-state index contributed by atoms with van der Waals surface area (Å²) in [6, 6.07) is 16.0. The number of imidazole rings is 1. The van der Waals surface area contributed by atoms with Crippen molar-refractivity contribution in [2.75, 3.05) is 13.1 Å². The van der Waals surface area contributed by atoms with E-state index in [1.807, 2.05) is 53.1 Å². The summed E-state index contributed by atoms with van der Waals surface area (Å²) in [5.74, 6) is 0.700. The van der Waals surface area contributed by atoms with E-state index < -0.39 is 0 Å². The number of nitrogens with one attached hydrogen (secondary N) is 2. The standard InChI is InChI=1S/C24H24ClN5O2/c25-17-7-5-16(6-8-17)23-21(9-10-22(31)28-18-11-13-26-14-12-18)32-24(29-23)30-15-27-19-3-1-2-4-20(19)30/h1-8,15,18,26H,9-14H2,(H,28,31). The van der Waals surface area contributed by atoms with E-state index >= 15 is 0 Å². The lowest BCUT2D eigenvalue weighted by Crippen LogP contribution is -2.42. The van der Waals surface area contributed by atoms with Gasteiger partial charge in [-0.3, -0.25) is 9.36 Å². The summed E-state index contributed by atoms with van der Waals surface area (Å²) in [6.07, 6.45) is 4.41. The number of aromatic nitrogens is 3. The number of hydrogen-bond acceptors (Lipinski definition) is 5. The van der Waals surface area contributed by atoms with Crippen molar-refractivity contribution in [1.82, 2.24) is 25.2 Å². The van der Waals surface area contributed by atoms with Gasteiger partial charge in [0.1, 0.15) is 17.8 Å². The molecule has 2 N–H and O–H groups in total. The van der Waals surface area contributed by atoms with Crippen LogP contribution >= 0.6 is 11.6 Å². The van der Waals surface area contributed by atoms with Crippen molar-refractivity contribution in [2.45, 2.75) is 31.7 Å². The topological polar surface area (TPSA) is 85.0 Å². The number of para-hydroxylation sites is 2. The normalized spacial score (nSPS) is 14.7. The van der Waals surface area contributed by atoms with Gasteiger partial charge in [0.05, 0.1) is 11.0 Å². The minimum absolute atomic E-state index is 0.0324. The van der Waals surface area contributed by atoms with Crippen LogP contribution in [0.15, 0.2) is 59.3 Å². The number of benzene rings is 2. The maximum absolute atomic E-state index is 12.6. The maximum atomic E-state index is 12.6. The van der Waals surface area contributed by atoms with E-state index in [2.05, 4.69) is 15.6 Å². The number of piperidine rings is 1. The van der Waals surface area contributed by atoms with Gasteiger partial charge in [-0.2, -0.15) is 4.98 Å². The number of halogens is 1. The lowest BCUT2D eigenvalue weighted by atomic mass is 10.1. The Morgan fingerprint density at radius 3 is 2.75 bits per heavy atom. The lowest BCUT2D eigenvalue weighted by Gasteiger charge is -2.23. The highest BCUT2D eigenvalue weighted by Crippen LogP contribution is 2.29. The van der Waals surface area contributed by atoms with Crippen LogP contribution in [0.5, 0.6) is 0 Å². The molecule has 164 valence electrons. The molecule has 0 aliphatic carbocycles. The molecule has 3 heterocycles. The number of oxazole rings is 1. The molecule has 0 atom stereocenters. The fourth-order valence-electron chi connectivity index (χ4n) is 4.05. The fourth-order valence-corrected chi connectivity index (χ4v) is 4.18. The molecule has 0 spiro atoms. The molecule has 2 aromatic carbocycles. The van der Waals surface area contributed by atoms with Crippen LogP contribution in [0, 0.1) is 0 Å². The average Bonchev–Trinajstić information content (AvgIpc) is 3.43. The summed E-state index contributed by atoms with van der Waals surface area (Å²) in [6.45, 7) is 1.88. The first-order valence-corrected chi connectivity index (χ1v) is 11.2. The first-order valence-electron chi connectivity index (χ1n) is 10.9. The second-order valence-electron chi connectivity index (χ2n) is 7.97. The van der Waals surface area contributed by atoms with E-state index in [-0.39, 0.29) is 11.9 Å². The van der Waals surface area contributed by atoms with Crippen molar-refractivity contribution in [2.24, 2.45) is 0 Å². The lowest BCUT2D eigenvalue weighted by molar-refractivity contribution is -0.122. The van der Waals surface area contributed by atoms with Crippen LogP contribution in [0.2, 0.25) is 5.02 Å². The van der Waals surface area contributed by atoms with Crippen LogP contribution in [0.1, 0.15) is 25.0 Å². The number of nitrogens with zero attached hydrogens (tertiary/aromatic N) is 3. The van der Waals surface area contributed by atoms with Crippen molar-refractivity contribution in [3.8, 4) is 17.3 Å². The first-order chi connectivity index (χ1) is 15.7. The highest BCUT2D eigenvalue weighted by Gasteiger charge is 2.20. The zero-order chi connectivity index (χ0) is 21.9. The third-order valence-electron chi connectivity index (χ3n) is 5.75. The van der Waals surface area contributed by atoms with E-state index in [4.69, 9.17) is 21.0 Å². The second-order valence-corrected chi connectivity index (χ2v) is 8.41. The zero-order valence-electron chi connectivity index (χ0n) is 17.6. The summed E-state index contributed by atoms with van der Waals surface area (Å²) in [5.41, 5.74) is 3.37. The molecule has 32 heavy (non-hydrogen) atoms. The van der Waals surface area contributed by atoms with Gasteiger partial charge in [-0.25, -0.2) is 4.98 Å². The van der Waals surface area contributed by atoms with Crippen molar-refractivity contribution in [3.63, 3.8) is 0 Å². The van der Waals surface area contributed by atoms with Gasteiger partial charge < -0.3 is 15.1 Å². The molecular weight excluding hydrogens is 426 g/mol. The number of aryl methyl sites for hydroxylation is 1. The van der Waals surface area contributed by atoms with Gasteiger partial charge in [0.25, 0.3) is 0 Å². The summed E-state index contributed by atoms with van der Waals surface area (Å²) < 4.78 is 8.01. The number of fused-ring (bicyclic) bond motifs is 1. The van der Waals surface area contributed by atoms with E-state index in [1.165, 1.54) is 0 Å². The van der Waals surface area contributed by atoms with Crippen LogP contribution in [-0.4, -0.2) is 39.6 Å². The largest absolute Gasteiger partial charge is 0.427 e. The van der Waals surface area contributed by atoms with Crippen molar-refractivity contribution >= 4 is 28.5 Å². The number of amides is 1. The molecule has 8 heteroatoms. The van der Waals surface area contributed by atoms with Gasteiger partial charge in [0.15, 0.2) is 0 Å². The maximum Gasteiger partial charge on any atom is 0.308 e. The van der Waals surface area contributed by atoms with E-state index in [9.17, 15) is 4.79 Å². The average molecular weight is 450 g/mol. The summed E-state index contributed by atoms with van der Waals surface area (Å²) >= 11 is 6.07. The molecule has 7 nitrogen and oxygen atoms in total. The number of carbonyl (C=O) groups is 1. The van der Waals surface area contributed by atoms with Gasteiger partial charge in [-0.1, -0.05) is 35.9 Å². The van der Waals surface area contributed by atoms with Gasteiger partial charge in [-0.15, -0.1) is 0 Å². The van der Waals surface area contributed by atoms with Crippen LogP contribution in [0.25, 0.3) is 28.3 Å². The Morgan fingerprint density at radius 1 is 1.16 bits per heavy atom. The Labute approximate surface area is 190 Å². The minimum Gasteiger partial charge on any atom is -0.427 e. The SMILES string of the molecule is O=C(CCc1oc(-n2cnc3ccccc32)nc1-c1ccc(Cl)cc1)NC1CCNCC1. The highest BCUT2D eigenvalue weighted by molar-refractivity contribution is 6.30. The quantitative estimate of drug-likeness (QED) is 0.462. The molecule has 4 aromatic rings. The van der Waals surface area contributed by atoms with E-state index in [1.54, 1.807) is 6.33 Å². The zero-order valence-corrected chi connectivity index (χ0v) is 18.3. The van der Waals surface area contributed by atoms with Gasteiger partial charge in [0, 0.05) is 29.5 Å². The van der Waals surface area contributed by atoms with Crippen molar-refractivity contribution in [1.29, 1.82) is 0 Å². The summed E-state index contributed by atoms with van der Waals surface area (Å²) in [7, 11) is 0. The monoisotopic (exact) mass is 449 g/mol. The van der Waals surface area contributed by atoms with Gasteiger partial charge in [-0.05, 0) is 50.2 Å². The molecule has 2 aromatic heterocycles. The Bertz CT molecular complexity index is 1220. The van der Waals surface area contributed by atoms with Crippen LogP contribution < -0.4 is 10.6 Å². The Hall–Kier alpha value is -3.16.